The van der Waals surface area contributed by atoms with Gasteiger partial charge in [-0.05, 0) is 18.8 Å². The van der Waals surface area contributed by atoms with Crippen LogP contribution in [0.3, 0.4) is 0 Å². The maximum atomic E-state index is 8.59. The first-order valence-corrected chi connectivity index (χ1v) is 5.53. The van der Waals surface area contributed by atoms with Gasteiger partial charge in [0.2, 0.25) is 0 Å². The summed E-state index contributed by atoms with van der Waals surface area (Å²) in [7, 11) is 1.76. The molecular weight excluding hydrogens is 176 g/mol. The summed E-state index contributed by atoms with van der Waals surface area (Å²) in [6.07, 6.45) is 8.60. The van der Waals surface area contributed by atoms with E-state index in [0.717, 1.165) is 18.8 Å². The van der Waals surface area contributed by atoms with Crippen LogP contribution in [0.5, 0.6) is 0 Å². The third-order valence-electron chi connectivity index (χ3n) is 2.45. The van der Waals surface area contributed by atoms with E-state index in [4.69, 9.17) is 9.84 Å². The van der Waals surface area contributed by atoms with Crippen LogP contribution in [0.4, 0.5) is 0 Å². The smallest absolute Gasteiger partial charge is 0.0612 e. The van der Waals surface area contributed by atoms with E-state index < -0.39 is 0 Å². The van der Waals surface area contributed by atoms with Gasteiger partial charge in [0, 0.05) is 7.11 Å². The molecule has 2 heteroatoms. The third kappa shape index (κ3) is 7.10. The van der Waals surface area contributed by atoms with Crippen LogP contribution < -0.4 is 0 Å². The average molecular weight is 200 g/mol. The molecule has 84 valence electrons. The van der Waals surface area contributed by atoms with Crippen molar-refractivity contribution in [2.45, 2.75) is 45.6 Å². The van der Waals surface area contributed by atoms with Crippen molar-refractivity contribution in [2.75, 3.05) is 13.7 Å². The van der Waals surface area contributed by atoms with Crippen molar-refractivity contribution >= 4 is 0 Å². The van der Waals surface area contributed by atoms with Crippen LogP contribution in [0.15, 0.2) is 12.2 Å². The minimum Gasteiger partial charge on any atom is -0.392 e. The fraction of sp³-hybridized carbons (Fsp3) is 0.833. The Bertz CT molecular complexity index is 143. The van der Waals surface area contributed by atoms with Gasteiger partial charge < -0.3 is 9.84 Å². The molecule has 0 saturated carbocycles. The molecule has 0 heterocycles. The fourth-order valence-electron chi connectivity index (χ4n) is 1.67. The van der Waals surface area contributed by atoms with Crippen molar-refractivity contribution in [1.29, 1.82) is 0 Å². The Morgan fingerprint density at radius 3 is 2.57 bits per heavy atom. The number of ether oxygens (including phenoxy) is 1. The van der Waals surface area contributed by atoms with Crippen molar-refractivity contribution in [3.63, 3.8) is 0 Å². The van der Waals surface area contributed by atoms with E-state index in [-0.39, 0.29) is 6.61 Å². The van der Waals surface area contributed by atoms with Gasteiger partial charge in [-0.15, -0.1) is 0 Å². The summed E-state index contributed by atoms with van der Waals surface area (Å²) in [6.45, 7) is 4.61. The van der Waals surface area contributed by atoms with Gasteiger partial charge in [0.05, 0.1) is 12.7 Å². The predicted molar refractivity (Wildman–Crippen MR) is 60.3 cm³/mol. The van der Waals surface area contributed by atoms with Gasteiger partial charge in [0.15, 0.2) is 0 Å². The lowest BCUT2D eigenvalue weighted by Gasteiger charge is -2.17. The second-order valence-electron chi connectivity index (χ2n) is 3.88. The van der Waals surface area contributed by atoms with Crippen LogP contribution in [-0.4, -0.2) is 24.9 Å². The SMILES string of the molecule is CCCC(C)CC(C/C=C/CO)OC. The molecule has 2 atom stereocenters. The Balaban J connectivity index is 3.71. The second kappa shape index (κ2) is 9.22. The summed E-state index contributed by atoms with van der Waals surface area (Å²) in [5, 5.41) is 8.59. The molecule has 0 aliphatic heterocycles. The molecule has 1 N–H and O–H groups in total. The molecule has 0 rings (SSSR count). The molecule has 0 fully saturated rings. The molecule has 0 saturated heterocycles. The Hall–Kier alpha value is -0.340. The van der Waals surface area contributed by atoms with Gasteiger partial charge in [-0.1, -0.05) is 38.8 Å². The summed E-state index contributed by atoms with van der Waals surface area (Å²) in [5.74, 6) is 0.729. The van der Waals surface area contributed by atoms with E-state index in [9.17, 15) is 0 Å². The standard InChI is InChI=1S/C12H24O2/c1-4-7-11(2)10-12(14-3)8-5-6-9-13/h5-6,11-13H,4,7-10H2,1-3H3/b6-5+. The molecule has 0 aliphatic carbocycles. The number of hydrogen-bond acceptors (Lipinski definition) is 2. The van der Waals surface area contributed by atoms with Crippen LogP contribution in [0.25, 0.3) is 0 Å². The lowest BCUT2D eigenvalue weighted by molar-refractivity contribution is 0.0833. The van der Waals surface area contributed by atoms with Crippen molar-refractivity contribution in [3.05, 3.63) is 12.2 Å². The summed E-state index contributed by atoms with van der Waals surface area (Å²) in [5.41, 5.74) is 0. The van der Waals surface area contributed by atoms with E-state index >= 15 is 0 Å². The average Bonchev–Trinajstić information content (AvgIpc) is 2.17. The summed E-state index contributed by atoms with van der Waals surface area (Å²) >= 11 is 0. The van der Waals surface area contributed by atoms with Gasteiger partial charge >= 0.3 is 0 Å². The zero-order valence-corrected chi connectivity index (χ0v) is 9.70. The summed E-state index contributed by atoms with van der Waals surface area (Å²) in [4.78, 5) is 0. The van der Waals surface area contributed by atoms with Gasteiger partial charge in [0.1, 0.15) is 0 Å². The van der Waals surface area contributed by atoms with Crippen molar-refractivity contribution in [1.82, 2.24) is 0 Å². The zero-order chi connectivity index (χ0) is 10.8. The van der Waals surface area contributed by atoms with E-state index in [2.05, 4.69) is 13.8 Å². The third-order valence-corrected chi connectivity index (χ3v) is 2.45. The van der Waals surface area contributed by atoms with Crippen LogP contribution in [0.1, 0.15) is 39.5 Å². The molecule has 0 aliphatic rings. The molecule has 0 radical (unpaired) electrons. The topological polar surface area (TPSA) is 29.5 Å². The highest BCUT2D eigenvalue weighted by molar-refractivity contribution is 4.84. The Labute approximate surface area is 88.0 Å². The molecule has 2 nitrogen and oxygen atoms in total. The van der Waals surface area contributed by atoms with Crippen LogP contribution >= 0.6 is 0 Å². The fourth-order valence-corrected chi connectivity index (χ4v) is 1.67. The van der Waals surface area contributed by atoms with Gasteiger partial charge in [-0.25, -0.2) is 0 Å². The highest BCUT2D eigenvalue weighted by Crippen LogP contribution is 2.16. The maximum Gasteiger partial charge on any atom is 0.0612 e. The number of aliphatic hydroxyl groups is 1. The lowest BCUT2D eigenvalue weighted by Crippen LogP contribution is -2.13. The predicted octanol–water partition coefficient (Wildman–Crippen LogP) is 2.77. The lowest BCUT2D eigenvalue weighted by atomic mass is 9.97. The number of aliphatic hydroxyl groups excluding tert-OH is 1. The molecule has 0 bridgehead atoms. The molecule has 0 spiro atoms. The molecule has 14 heavy (non-hydrogen) atoms. The van der Waals surface area contributed by atoms with Crippen LogP contribution in [0, 0.1) is 5.92 Å². The monoisotopic (exact) mass is 200 g/mol. The molecule has 0 aromatic heterocycles. The molecule has 2 unspecified atom stereocenters. The highest BCUT2D eigenvalue weighted by Gasteiger charge is 2.10. The molecule has 0 aromatic carbocycles. The molecule has 0 amide bonds. The summed E-state index contributed by atoms with van der Waals surface area (Å²) in [6, 6.07) is 0. The zero-order valence-electron chi connectivity index (χ0n) is 9.70. The first-order valence-electron chi connectivity index (χ1n) is 5.53. The quantitative estimate of drug-likeness (QED) is 0.610. The minimum absolute atomic E-state index is 0.126. The number of rotatable bonds is 8. The van der Waals surface area contributed by atoms with Crippen molar-refractivity contribution < 1.29 is 9.84 Å². The Kier molecular flexibility index (Phi) is 9.00. The van der Waals surface area contributed by atoms with Crippen LogP contribution in [0.2, 0.25) is 0 Å². The first kappa shape index (κ1) is 13.7. The van der Waals surface area contributed by atoms with Gasteiger partial charge in [-0.3, -0.25) is 0 Å². The Morgan fingerprint density at radius 2 is 2.07 bits per heavy atom. The van der Waals surface area contributed by atoms with E-state index in [0.29, 0.717) is 6.10 Å². The second-order valence-corrected chi connectivity index (χ2v) is 3.88. The van der Waals surface area contributed by atoms with E-state index in [1.807, 2.05) is 6.08 Å². The maximum absolute atomic E-state index is 8.59. The van der Waals surface area contributed by atoms with Gasteiger partial charge in [-0.2, -0.15) is 0 Å². The minimum atomic E-state index is 0.126. The van der Waals surface area contributed by atoms with Crippen molar-refractivity contribution in [2.24, 2.45) is 5.92 Å². The van der Waals surface area contributed by atoms with Crippen molar-refractivity contribution in [3.8, 4) is 0 Å². The van der Waals surface area contributed by atoms with E-state index in [1.54, 1.807) is 13.2 Å². The first-order chi connectivity index (χ1) is 6.74. The molecular formula is C12H24O2. The largest absolute Gasteiger partial charge is 0.392 e. The summed E-state index contributed by atoms with van der Waals surface area (Å²) < 4.78 is 5.38. The van der Waals surface area contributed by atoms with E-state index in [1.165, 1.54) is 12.8 Å². The normalized spacial score (nSPS) is 16.0. The van der Waals surface area contributed by atoms with Crippen LogP contribution in [-0.2, 0) is 4.74 Å². The highest BCUT2D eigenvalue weighted by atomic mass is 16.5. The number of methoxy groups -OCH3 is 1. The molecule has 0 aromatic rings. The van der Waals surface area contributed by atoms with Gasteiger partial charge in [0.25, 0.3) is 0 Å². The Morgan fingerprint density at radius 1 is 1.36 bits per heavy atom. The number of hydrogen-bond donors (Lipinski definition) is 1.